The van der Waals surface area contributed by atoms with Crippen LogP contribution in [0.4, 0.5) is 5.69 Å². The second-order valence-electron chi connectivity index (χ2n) is 5.21. The number of carbonyl (C=O) groups excluding carboxylic acids is 3. The molecule has 3 amide bonds. The molecule has 9 heteroatoms. The van der Waals surface area contributed by atoms with Crippen LogP contribution in [0.2, 0.25) is 0 Å². The molecule has 2 rings (SSSR count). The highest BCUT2D eigenvalue weighted by atomic mass is 32.2. The molecule has 0 radical (unpaired) electrons. The number of carbonyl (C=O) groups is 3. The topological polar surface area (TPSA) is 127 Å². The highest BCUT2D eigenvalue weighted by Crippen LogP contribution is 2.29. The zero-order chi connectivity index (χ0) is 17.2. The molecule has 0 fully saturated rings. The van der Waals surface area contributed by atoms with Gasteiger partial charge in [-0.15, -0.1) is 0 Å². The van der Waals surface area contributed by atoms with E-state index in [4.69, 9.17) is 5.73 Å². The van der Waals surface area contributed by atoms with Gasteiger partial charge in [0.2, 0.25) is 17.7 Å². The number of anilines is 1. The Kier molecular flexibility index (Phi) is 4.69. The minimum absolute atomic E-state index is 0.0154. The predicted octanol–water partition coefficient (Wildman–Crippen LogP) is -0.813. The minimum atomic E-state index is -3.58. The van der Waals surface area contributed by atoms with Crippen molar-refractivity contribution < 1.29 is 22.8 Å². The van der Waals surface area contributed by atoms with Crippen molar-refractivity contribution >= 4 is 33.2 Å². The van der Waals surface area contributed by atoms with Crippen LogP contribution in [0, 0.1) is 0 Å². The molecular formula is C14H17N3O5S. The monoisotopic (exact) mass is 339 g/mol. The van der Waals surface area contributed by atoms with Gasteiger partial charge in [-0.1, -0.05) is 12.1 Å². The van der Waals surface area contributed by atoms with Gasteiger partial charge >= 0.3 is 0 Å². The van der Waals surface area contributed by atoms with Crippen molar-refractivity contribution in [3.63, 3.8) is 0 Å². The van der Waals surface area contributed by atoms with Crippen molar-refractivity contribution in [3.05, 3.63) is 24.3 Å². The molecule has 0 bridgehead atoms. The lowest BCUT2D eigenvalue weighted by molar-refractivity contribution is -0.127. The number of para-hydroxylation sites is 1. The van der Waals surface area contributed by atoms with Crippen LogP contribution in [0.1, 0.15) is 13.3 Å². The van der Waals surface area contributed by atoms with E-state index in [2.05, 4.69) is 5.32 Å². The van der Waals surface area contributed by atoms with Gasteiger partial charge in [0, 0.05) is 6.42 Å². The smallest absolute Gasteiger partial charge is 0.240 e. The summed E-state index contributed by atoms with van der Waals surface area (Å²) in [5.74, 6) is -2.08. The molecule has 1 aromatic carbocycles. The van der Waals surface area contributed by atoms with Gasteiger partial charge in [-0.05, 0) is 19.1 Å². The summed E-state index contributed by atoms with van der Waals surface area (Å²) >= 11 is 0. The first kappa shape index (κ1) is 16.9. The molecule has 1 heterocycles. The van der Waals surface area contributed by atoms with Gasteiger partial charge < -0.3 is 16.0 Å². The summed E-state index contributed by atoms with van der Waals surface area (Å²) in [5, 5.41) is 2.36. The second-order valence-corrected chi connectivity index (χ2v) is 7.29. The van der Waals surface area contributed by atoms with Gasteiger partial charge in [0.1, 0.15) is 12.6 Å². The Balaban J connectivity index is 2.31. The third kappa shape index (κ3) is 3.67. The van der Waals surface area contributed by atoms with E-state index >= 15 is 0 Å². The van der Waals surface area contributed by atoms with E-state index < -0.39 is 33.6 Å². The van der Waals surface area contributed by atoms with Gasteiger partial charge in [0.15, 0.2) is 9.84 Å². The van der Waals surface area contributed by atoms with Crippen LogP contribution in [-0.2, 0) is 24.2 Å². The van der Waals surface area contributed by atoms with E-state index in [9.17, 15) is 22.8 Å². The summed E-state index contributed by atoms with van der Waals surface area (Å²) in [7, 11) is -3.58. The lowest BCUT2D eigenvalue weighted by atomic mass is 10.2. The molecule has 0 aliphatic carbocycles. The average Bonchev–Trinajstić information content (AvgIpc) is 2.58. The summed E-state index contributed by atoms with van der Waals surface area (Å²) in [6, 6.07) is 5.13. The molecule has 8 nitrogen and oxygen atoms in total. The molecule has 124 valence electrons. The number of nitrogens with two attached hydrogens (primary N) is 1. The van der Waals surface area contributed by atoms with E-state index in [0.29, 0.717) is 0 Å². The molecule has 1 atom stereocenters. The van der Waals surface area contributed by atoms with Gasteiger partial charge in [-0.2, -0.15) is 0 Å². The van der Waals surface area contributed by atoms with Gasteiger partial charge in [-0.25, -0.2) is 8.42 Å². The molecule has 23 heavy (non-hydrogen) atoms. The average molecular weight is 339 g/mol. The zero-order valence-corrected chi connectivity index (χ0v) is 13.3. The molecule has 1 unspecified atom stereocenters. The normalized spacial score (nSPS) is 17.8. The lowest BCUT2D eigenvalue weighted by Crippen LogP contribution is -2.47. The van der Waals surface area contributed by atoms with E-state index in [1.807, 2.05) is 0 Å². The van der Waals surface area contributed by atoms with Crippen LogP contribution < -0.4 is 16.0 Å². The number of fused-ring (bicyclic) bond motifs is 1. The van der Waals surface area contributed by atoms with Gasteiger partial charge in [0.05, 0.1) is 16.3 Å². The van der Waals surface area contributed by atoms with Crippen molar-refractivity contribution in [2.75, 3.05) is 17.2 Å². The SMILES string of the molecule is CC(NC(=O)CN1C(=O)CCS(=O)(=O)c2ccccc21)C(N)=O. The Morgan fingerprint density at radius 2 is 2.00 bits per heavy atom. The third-order valence-electron chi connectivity index (χ3n) is 3.48. The molecule has 0 saturated carbocycles. The summed E-state index contributed by atoms with van der Waals surface area (Å²) in [4.78, 5) is 36.3. The Bertz CT molecular complexity index is 759. The fourth-order valence-corrected chi connectivity index (χ4v) is 3.67. The Morgan fingerprint density at radius 1 is 1.35 bits per heavy atom. The van der Waals surface area contributed by atoms with Crippen molar-refractivity contribution in [1.29, 1.82) is 0 Å². The maximum absolute atomic E-state index is 12.2. The Labute approximate surface area is 133 Å². The first-order valence-corrected chi connectivity index (χ1v) is 8.58. The van der Waals surface area contributed by atoms with Crippen LogP contribution in [0.5, 0.6) is 0 Å². The number of sulfone groups is 1. The summed E-state index contributed by atoms with van der Waals surface area (Å²) in [6.07, 6.45) is -0.213. The second kappa shape index (κ2) is 6.37. The van der Waals surface area contributed by atoms with Crippen molar-refractivity contribution in [3.8, 4) is 0 Å². The standard InChI is InChI=1S/C14H17N3O5S/c1-9(14(15)20)16-12(18)8-17-10-4-2-3-5-11(10)23(21,22)7-6-13(17)19/h2-5,9H,6-8H2,1H3,(H2,15,20)(H,16,18). The quantitative estimate of drug-likeness (QED) is 0.741. The molecule has 1 aromatic rings. The molecule has 0 spiro atoms. The fraction of sp³-hybridized carbons (Fsp3) is 0.357. The first-order chi connectivity index (χ1) is 10.7. The number of hydrogen-bond acceptors (Lipinski definition) is 5. The Hall–Kier alpha value is -2.42. The van der Waals surface area contributed by atoms with Gasteiger partial charge in [0.25, 0.3) is 0 Å². The number of primary amides is 1. The summed E-state index contributed by atoms with van der Waals surface area (Å²) in [6.45, 7) is 1.03. The van der Waals surface area contributed by atoms with Crippen molar-refractivity contribution in [1.82, 2.24) is 5.32 Å². The summed E-state index contributed by atoms with van der Waals surface area (Å²) in [5.41, 5.74) is 5.23. The third-order valence-corrected chi connectivity index (χ3v) is 5.24. The maximum Gasteiger partial charge on any atom is 0.240 e. The number of rotatable bonds is 4. The number of benzene rings is 1. The summed E-state index contributed by atoms with van der Waals surface area (Å²) < 4.78 is 24.4. The molecule has 0 aromatic heterocycles. The maximum atomic E-state index is 12.2. The van der Waals surface area contributed by atoms with Crippen LogP contribution in [0.25, 0.3) is 0 Å². The van der Waals surface area contributed by atoms with Crippen LogP contribution in [0.3, 0.4) is 0 Å². The van der Waals surface area contributed by atoms with Crippen LogP contribution >= 0.6 is 0 Å². The zero-order valence-electron chi connectivity index (χ0n) is 12.5. The number of hydrogen-bond donors (Lipinski definition) is 2. The number of nitrogens with one attached hydrogen (secondary N) is 1. The van der Waals surface area contributed by atoms with Crippen LogP contribution in [-0.4, -0.2) is 44.5 Å². The lowest BCUT2D eigenvalue weighted by Gasteiger charge is -2.22. The number of amides is 3. The largest absolute Gasteiger partial charge is 0.368 e. The molecule has 3 N–H and O–H groups in total. The Morgan fingerprint density at radius 3 is 2.65 bits per heavy atom. The minimum Gasteiger partial charge on any atom is -0.368 e. The van der Waals surface area contributed by atoms with Gasteiger partial charge in [-0.3, -0.25) is 14.4 Å². The fourth-order valence-electron chi connectivity index (χ4n) is 2.22. The molecule has 1 aliphatic heterocycles. The van der Waals surface area contributed by atoms with E-state index in [1.165, 1.54) is 19.1 Å². The van der Waals surface area contributed by atoms with Crippen molar-refractivity contribution in [2.24, 2.45) is 5.73 Å². The molecule has 1 aliphatic rings. The number of nitrogens with zero attached hydrogens (tertiary/aromatic N) is 1. The predicted molar refractivity (Wildman–Crippen MR) is 82.3 cm³/mol. The van der Waals surface area contributed by atoms with Crippen molar-refractivity contribution in [2.45, 2.75) is 24.3 Å². The van der Waals surface area contributed by atoms with E-state index in [-0.39, 0.29) is 29.3 Å². The van der Waals surface area contributed by atoms with Crippen LogP contribution in [0.15, 0.2) is 29.2 Å². The first-order valence-electron chi connectivity index (χ1n) is 6.93. The van der Waals surface area contributed by atoms with E-state index in [0.717, 1.165) is 4.90 Å². The van der Waals surface area contributed by atoms with E-state index in [1.54, 1.807) is 12.1 Å². The molecular weight excluding hydrogens is 322 g/mol. The highest BCUT2D eigenvalue weighted by molar-refractivity contribution is 7.91. The molecule has 0 saturated heterocycles. The highest BCUT2D eigenvalue weighted by Gasteiger charge is 2.31.